The molecule has 0 radical (unpaired) electrons. The molecule has 2 aromatic carbocycles. The summed E-state index contributed by atoms with van der Waals surface area (Å²) in [7, 11) is 0. The van der Waals surface area contributed by atoms with Crippen LogP contribution in [0.1, 0.15) is 68.1 Å². The number of unbranched alkanes of at least 4 members (excludes halogenated alkanes) is 5. The third kappa shape index (κ3) is 6.10. The van der Waals surface area contributed by atoms with Crippen LogP contribution in [0.4, 0.5) is 0 Å². The Hall–Kier alpha value is -3.40. The number of hydrogen-bond donors (Lipinski definition) is 0. The molecule has 4 heteroatoms. The minimum atomic E-state index is -0.468. The summed E-state index contributed by atoms with van der Waals surface area (Å²) in [6.45, 7) is 4.11. The lowest BCUT2D eigenvalue weighted by atomic mass is 10.00. The normalized spacial score (nSPS) is 14.5. The molecule has 0 unspecified atom stereocenters. The first-order valence-corrected chi connectivity index (χ1v) is 11.9. The zero-order chi connectivity index (χ0) is 23.0. The van der Waals surface area contributed by atoms with Crippen LogP contribution >= 0.6 is 0 Å². The molecule has 33 heavy (non-hydrogen) atoms. The monoisotopic (exact) mass is 441 g/mol. The second-order valence-corrected chi connectivity index (χ2v) is 8.58. The molecule has 0 bridgehead atoms. The van der Waals surface area contributed by atoms with Gasteiger partial charge in [-0.2, -0.15) is 0 Å². The lowest BCUT2D eigenvalue weighted by molar-refractivity contribution is -0.129. The molecule has 4 nitrogen and oxygen atoms in total. The number of nitrogens with zero attached hydrogens (tertiary/aromatic N) is 1. The van der Waals surface area contributed by atoms with Gasteiger partial charge < -0.3 is 9.15 Å². The number of rotatable bonds is 10. The molecule has 0 N–H and O–H groups in total. The van der Waals surface area contributed by atoms with E-state index in [9.17, 15) is 4.79 Å². The standard InChI is InChI=1S/C29H31NO3/c1-3-4-5-6-7-8-9-22-11-13-23(14-12-22)24-15-17-25(18-16-24)28-30-27(29(31)33-28)20-26-19-10-21(2)32-26/h10-20H,3-9H2,1-2H3/b27-20-. The molecule has 2 heterocycles. The highest BCUT2D eigenvalue weighted by Crippen LogP contribution is 2.24. The number of esters is 1. The molecule has 1 aliphatic heterocycles. The quantitative estimate of drug-likeness (QED) is 0.186. The van der Waals surface area contributed by atoms with E-state index in [1.807, 2.05) is 37.3 Å². The number of carbonyl (C=O) groups excluding carboxylic acids is 1. The Balaban J connectivity index is 1.37. The molecule has 3 aromatic rings. The van der Waals surface area contributed by atoms with E-state index in [-0.39, 0.29) is 5.70 Å². The Kier molecular flexibility index (Phi) is 7.56. The maximum atomic E-state index is 12.2. The van der Waals surface area contributed by atoms with Gasteiger partial charge in [-0.15, -0.1) is 0 Å². The van der Waals surface area contributed by atoms with Gasteiger partial charge in [0.15, 0.2) is 5.70 Å². The van der Waals surface area contributed by atoms with Gasteiger partial charge in [0.2, 0.25) is 5.90 Å². The van der Waals surface area contributed by atoms with Gasteiger partial charge in [-0.25, -0.2) is 9.79 Å². The van der Waals surface area contributed by atoms with Crippen LogP contribution in [0.15, 0.2) is 75.8 Å². The molecule has 0 spiro atoms. The predicted molar refractivity (Wildman–Crippen MR) is 133 cm³/mol. The first-order chi connectivity index (χ1) is 16.1. The van der Waals surface area contributed by atoms with E-state index in [1.54, 1.807) is 12.1 Å². The number of aliphatic imine (C=N–C) groups is 1. The molecule has 0 saturated carbocycles. The molecule has 1 aromatic heterocycles. The van der Waals surface area contributed by atoms with Gasteiger partial charge in [-0.1, -0.05) is 75.4 Å². The van der Waals surface area contributed by atoms with Crippen LogP contribution < -0.4 is 0 Å². The molecule has 0 amide bonds. The van der Waals surface area contributed by atoms with Gasteiger partial charge in [-0.05, 0) is 60.7 Å². The van der Waals surface area contributed by atoms with Crippen LogP contribution in [0.2, 0.25) is 0 Å². The molecule has 0 aliphatic carbocycles. The molecule has 0 fully saturated rings. The van der Waals surface area contributed by atoms with Crippen molar-refractivity contribution in [2.45, 2.75) is 58.8 Å². The molecular weight excluding hydrogens is 410 g/mol. The Morgan fingerprint density at radius 1 is 0.788 bits per heavy atom. The van der Waals surface area contributed by atoms with Crippen LogP contribution in [0.25, 0.3) is 17.2 Å². The summed E-state index contributed by atoms with van der Waals surface area (Å²) in [5.41, 5.74) is 4.70. The zero-order valence-electron chi connectivity index (χ0n) is 19.5. The molecule has 0 atom stereocenters. The van der Waals surface area contributed by atoms with Crippen molar-refractivity contribution in [3.8, 4) is 11.1 Å². The third-order valence-corrected chi connectivity index (χ3v) is 5.90. The average Bonchev–Trinajstić information content (AvgIpc) is 3.42. The second kappa shape index (κ2) is 11.0. The maximum Gasteiger partial charge on any atom is 0.363 e. The van der Waals surface area contributed by atoms with Crippen molar-refractivity contribution in [1.82, 2.24) is 0 Å². The Bertz CT molecular complexity index is 1130. The van der Waals surface area contributed by atoms with E-state index < -0.39 is 5.97 Å². The van der Waals surface area contributed by atoms with Gasteiger partial charge in [0, 0.05) is 11.6 Å². The minimum Gasteiger partial charge on any atom is -0.462 e. The largest absolute Gasteiger partial charge is 0.462 e. The van der Waals surface area contributed by atoms with E-state index in [0.717, 1.165) is 23.3 Å². The SMILES string of the molecule is CCCCCCCCc1ccc(-c2ccc(C3=N/C(=C\c4ccc(C)o4)C(=O)O3)cc2)cc1. The Labute approximate surface area is 196 Å². The van der Waals surface area contributed by atoms with Crippen molar-refractivity contribution in [1.29, 1.82) is 0 Å². The van der Waals surface area contributed by atoms with Crippen LogP contribution in [-0.4, -0.2) is 11.9 Å². The number of hydrogen-bond acceptors (Lipinski definition) is 4. The van der Waals surface area contributed by atoms with Crippen molar-refractivity contribution in [3.63, 3.8) is 0 Å². The third-order valence-electron chi connectivity index (χ3n) is 5.90. The summed E-state index contributed by atoms with van der Waals surface area (Å²) in [6.07, 6.45) is 10.7. The van der Waals surface area contributed by atoms with Crippen molar-refractivity contribution >= 4 is 17.9 Å². The van der Waals surface area contributed by atoms with Crippen LogP contribution in [0.5, 0.6) is 0 Å². The highest BCUT2D eigenvalue weighted by molar-refractivity contribution is 6.12. The van der Waals surface area contributed by atoms with Crippen LogP contribution in [0.3, 0.4) is 0 Å². The van der Waals surface area contributed by atoms with Crippen molar-refractivity contribution in [2.75, 3.05) is 0 Å². The topological polar surface area (TPSA) is 51.8 Å². The summed E-state index contributed by atoms with van der Waals surface area (Å²) in [6, 6.07) is 20.4. The lowest BCUT2D eigenvalue weighted by Gasteiger charge is -2.06. The molecule has 1 aliphatic rings. The number of aryl methyl sites for hydroxylation is 2. The number of ether oxygens (including phenoxy) is 1. The number of cyclic esters (lactones) is 1. The fourth-order valence-corrected chi connectivity index (χ4v) is 3.98. The fourth-order valence-electron chi connectivity index (χ4n) is 3.98. The van der Waals surface area contributed by atoms with Gasteiger partial charge in [0.1, 0.15) is 11.5 Å². The summed E-state index contributed by atoms with van der Waals surface area (Å²) in [5, 5.41) is 0. The summed E-state index contributed by atoms with van der Waals surface area (Å²) >= 11 is 0. The summed E-state index contributed by atoms with van der Waals surface area (Å²) in [5.74, 6) is 1.21. The summed E-state index contributed by atoms with van der Waals surface area (Å²) in [4.78, 5) is 16.5. The van der Waals surface area contributed by atoms with E-state index in [0.29, 0.717) is 11.7 Å². The highest BCUT2D eigenvalue weighted by Gasteiger charge is 2.24. The van der Waals surface area contributed by atoms with E-state index in [1.165, 1.54) is 49.7 Å². The molecule has 170 valence electrons. The van der Waals surface area contributed by atoms with E-state index in [4.69, 9.17) is 9.15 Å². The van der Waals surface area contributed by atoms with Gasteiger partial charge >= 0.3 is 5.97 Å². The van der Waals surface area contributed by atoms with Gasteiger partial charge in [0.05, 0.1) is 0 Å². The highest BCUT2D eigenvalue weighted by atomic mass is 16.6. The molecule has 0 saturated heterocycles. The smallest absolute Gasteiger partial charge is 0.363 e. The van der Waals surface area contributed by atoms with Gasteiger partial charge in [-0.3, -0.25) is 0 Å². The number of benzene rings is 2. The maximum absolute atomic E-state index is 12.2. The summed E-state index contributed by atoms with van der Waals surface area (Å²) < 4.78 is 10.9. The second-order valence-electron chi connectivity index (χ2n) is 8.58. The van der Waals surface area contributed by atoms with Crippen molar-refractivity contribution in [2.24, 2.45) is 4.99 Å². The predicted octanol–water partition coefficient (Wildman–Crippen LogP) is 7.50. The average molecular weight is 442 g/mol. The Morgan fingerprint density at radius 3 is 2.09 bits per heavy atom. The first-order valence-electron chi connectivity index (χ1n) is 11.9. The fraction of sp³-hybridized carbons (Fsp3) is 0.310. The van der Waals surface area contributed by atoms with Crippen LogP contribution in [0, 0.1) is 6.92 Å². The lowest BCUT2D eigenvalue weighted by Crippen LogP contribution is -2.05. The van der Waals surface area contributed by atoms with Crippen LogP contribution in [-0.2, 0) is 16.0 Å². The molecular formula is C29H31NO3. The first kappa shape index (κ1) is 22.8. The van der Waals surface area contributed by atoms with Crippen molar-refractivity contribution in [3.05, 3.63) is 89.0 Å². The zero-order valence-corrected chi connectivity index (χ0v) is 19.5. The van der Waals surface area contributed by atoms with Crippen molar-refractivity contribution < 1.29 is 13.9 Å². The number of carbonyl (C=O) groups is 1. The van der Waals surface area contributed by atoms with E-state index in [2.05, 4.69) is 36.2 Å². The minimum absolute atomic E-state index is 0.240. The Morgan fingerprint density at radius 2 is 1.42 bits per heavy atom. The number of furan rings is 1. The van der Waals surface area contributed by atoms with E-state index >= 15 is 0 Å². The van der Waals surface area contributed by atoms with Gasteiger partial charge in [0.25, 0.3) is 0 Å². The molecule has 4 rings (SSSR count).